The Bertz CT molecular complexity index is 4230. The first-order valence-electron chi connectivity index (χ1n) is 21.4. The Morgan fingerprint density at radius 3 is 1.87 bits per heavy atom. The van der Waals surface area contributed by atoms with Gasteiger partial charge in [0, 0.05) is 59.9 Å². The largest absolute Gasteiger partial charge is 0.455 e. The van der Waals surface area contributed by atoms with E-state index in [0.29, 0.717) is 0 Å². The van der Waals surface area contributed by atoms with Gasteiger partial charge in [0.2, 0.25) is 0 Å². The molecule has 0 saturated carbocycles. The highest BCUT2D eigenvalue weighted by Gasteiger charge is 2.22. The SMILES string of the molecule is c1cc(-c2nc3ccccc3nc2-c2cccc3c2oc2ccccc23)cc(-n2c3ccccc3c3cc4c(-n5c6ccccc6c6ccc7ccccc7c65)cccc4cc32)c1. The minimum absolute atomic E-state index is 0.786. The maximum atomic E-state index is 6.57. The van der Waals surface area contributed by atoms with E-state index in [1.165, 1.54) is 54.1 Å². The van der Waals surface area contributed by atoms with E-state index >= 15 is 0 Å². The summed E-state index contributed by atoms with van der Waals surface area (Å²) in [5.41, 5.74) is 13.7. The number of nitrogens with zero attached hydrogens (tertiary/aromatic N) is 4. The first-order chi connectivity index (χ1) is 31.2. The Balaban J connectivity index is 1.00. The summed E-state index contributed by atoms with van der Waals surface area (Å²) >= 11 is 0. The normalized spacial score (nSPS) is 12.1. The molecule has 0 aliphatic heterocycles. The molecule has 4 heterocycles. The standard InChI is InChI=1S/C58H34N4O/c1-2-18-39-35(14-1)30-31-43-40-19-3-9-27-51(40)62(57(39)43)52-28-12-15-36-33-53-47(34-46(36)52)41-20-4-8-26-50(41)61(53)38-17-11-16-37(32-38)55-56(60-49-25-7-6-24-48(49)59-55)45-23-13-22-44-42-21-5-10-29-54(42)63-58(44)45/h1-34H. The van der Waals surface area contributed by atoms with Crippen LogP contribution in [0.5, 0.6) is 0 Å². The maximum absolute atomic E-state index is 6.57. The van der Waals surface area contributed by atoms with Gasteiger partial charge in [0.25, 0.3) is 0 Å². The summed E-state index contributed by atoms with van der Waals surface area (Å²) in [5.74, 6) is 0. The highest BCUT2D eigenvalue weighted by atomic mass is 16.3. The molecule has 0 bridgehead atoms. The quantitative estimate of drug-likeness (QED) is 0.178. The zero-order valence-electron chi connectivity index (χ0n) is 33.8. The Morgan fingerprint density at radius 1 is 0.365 bits per heavy atom. The summed E-state index contributed by atoms with van der Waals surface area (Å²) in [6, 6.07) is 73.7. The van der Waals surface area contributed by atoms with Gasteiger partial charge >= 0.3 is 0 Å². The number of rotatable bonds is 4. The van der Waals surface area contributed by atoms with E-state index in [1.54, 1.807) is 0 Å². The van der Waals surface area contributed by atoms with Gasteiger partial charge < -0.3 is 13.6 Å². The smallest absolute Gasteiger partial charge is 0.144 e. The number of furan rings is 1. The second-order valence-corrected chi connectivity index (χ2v) is 16.5. The summed E-state index contributed by atoms with van der Waals surface area (Å²) in [4.78, 5) is 10.7. The zero-order chi connectivity index (χ0) is 41.2. The van der Waals surface area contributed by atoms with Crippen molar-refractivity contribution in [1.29, 1.82) is 0 Å². The highest BCUT2D eigenvalue weighted by Crippen LogP contribution is 2.43. The lowest BCUT2D eigenvalue weighted by Crippen LogP contribution is -1.98. The molecule has 292 valence electrons. The van der Waals surface area contributed by atoms with E-state index in [-0.39, 0.29) is 0 Å². The van der Waals surface area contributed by atoms with Crippen LogP contribution in [0.1, 0.15) is 0 Å². The lowest BCUT2D eigenvalue weighted by molar-refractivity contribution is 0.670. The van der Waals surface area contributed by atoms with Crippen LogP contribution in [0.3, 0.4) is 0 Å². The van der Waals surface area contributed by atoms with Gasteiger partial charge in [0.15, 0.2) is 0 Å². The van der Waals surface area contributed by atoms with Gasteiger partial charge in [-0.25, -0.2) is 9.97 Å². The number of benzene rings is 10. The number of para-hydroxylation sites is 6. The molecule has 4 aromatic heterocycles. The molecule has 14 rings (SSSR count). The monoisotopic (exact) mass is 802 g/mol. The number of hydrogen-bond acceptors (Lipinski definition) is 3. The van der Waals surface area contributed by atoms with Crippen molar-refractivity contribution in [3.63, 3.8) is 0 Å². The van der Waals surface area contributed by atoms with Crippen molar-refractivity contribution in [3.8, 4) is 33.9 Å². The van der Waals surface area contributed by atoms with Crippen molar-refractivity contribution < 1.29 is 4.42 Å². The molecule has 14 aromatic rings. The fourth-order valence-corrected chi connectivity index (χ4v) is 10.3. The van der Waals surface area contributed by atoms with Crippen molar-refractivity contribution in [3.05, 3.63) is 206 Å². The van der Waals surface area contributed by atoms with Gasteiger partial charge in [-0.15, -0.1) is 0 Å². The third-order valence-electron chi connectivity index (χ3n) is 13.1. The van der Waals surface area contributed by atoms with Crippen LogP contribution in [0.25, 0.3) is 132 Å². The number of aromatic nitrogens is 4. The predicted molar refractivity (Wildman–Crippen MR) is 261 cm³/mol. The summed E-state index contributed by atoms with van der Waals surface area (Å²) < 4.78 is 11.5. The molecule has 0 radical (unpaired) electrons. The minimum Gasteiger partial charge on any atom is -0.455 e. The fourth-order valence-electron chi connectivity index (χ4n) is 10.3. The molecule has 0 amide bonds. The Kier molecular flexibility index (Phi) is 7.05. The molecule has 10 aromatic carbocycles. The third-order valence-corrected chi connectivity index (χ3v) is 13.1. The molecular formula is C58H34N4O. The third kappa shape index (κ3) is 4.93. The van der Waals surface area contributed by atoms with Crippen LogP contribution in [-0.4, -0.2) is 19.1 Å². The lowest BCUT2D eigenvalue weighted by Gasteiger charge is -2.15. The first kappa shape index (κ1) is 34.2. The van der Waals surface area contributed by atoms with Crippen LogP contribution in [-0.2, 0) is 0 Å². The Morgan fingerprint density at radius 2 is 1.02 bits per heavy atom. The van der Waals surface area contributed by atoms with Crippen molar-refractivity contribution >= 4 is 98.1 Å². The fraction of sp³-hybridized carbons (Fsp3) is 0. The van der Waals surface area contributed by atoms with Crippen LogP contribution >= 0.6 is 0 Å². The number of fused-ring (bicyclic) bond motifs is 13. The van der Waals surface area contributed by atoms with E-state index in [1.807, 2.05) is 36.4 Å². The van der Waals surface area contributed by atoms with Crippen LogP contribution in [0.4, 0.5) is 0 Å². The zero-order valence-corrected chi connectivity index (χ0v) is 33.8. The first-order valence-corrected chi connectivity index (χ1v) is 21.4. The Hall–Kier alpha value is -8.54. The van der Waals surface area contributed by atoms with E-state index in [4.69, 9.17) is 14.4 Å². The predicted octanol–water partition coefficient (Wildman–Crippen LogP) is 15.4. The lowest BCUT2D eigenvalue weighted by atomic mass is 10.0. The summed E-state index contributed by atoms with van der Waals surface area (Å²) in [6.45, 7) is 0. The van der Waals surface area contributed by atoms with E-state index < -0.39 is 0 Å². The second-order valence-electron chi connectivity index (χ2n) is 16.5. The van der Waals surface area contributed by atoms with E-state index in [2.05, 4.69) is 179 Å². The number of hydrogen-bond donors (Lipinski definition) is 0. The van der Waals surface area contributed by atoms with E-state index in [9.17, 15) is 0 Å². The molecule has 0 aliphatic rings. The average molecular weight is 803 g/mol. The molecule has 0 unspecified atom stereocenters. The van der Waals surface area contributed by atoms with Crippen molar-refractivity contribution in [2.75, 3.05) is 0 Å². The van der Waals surface area contributed by atoms with Crippen LogP contribution in [0.2, 0.25) is 0 Å². The second kappa shape index (κ2) is 13.0. The van der Waals surface area contributed by atoms with Gasteiger partial charge in [0.05, 0.1) is 44.5 Å². The molecule has 0 N–H and O–H groups in total. The topological polar surface area (TPSA) is 48.8 Å². The molecule has 5 nitrogen and oxygen atoms in total. The summed E-state index contributed by atoms with van der Waals surface area (Å²) in [7, 11) is 0. The molecule has 0 fully saturated rings. The van der Waals surface area contributed by atoms with Crippen molar-refractivity contribution in [1.82, 2.24) is 19.1 Å². The van der Waals surface area contributed by atoms with Crippen molar-refractivity contribution in [2.24, 2.45) is 0 Å². The maximum Gasteiger partial charge on any atom is 0.144 e. The molecule has 0 saturated heterocycles. The summed E-state index contributed by atoms with van der Waals surface area (Å²) in [6.07, 6.45) is 0. The van der Waals surface area contributed by atoms with Gasteiger partial charge in [-0.2, -0.15) is 0 Å². The van der Waals surface area contributed by atoms with Crippen molar-refractivity contribution in [2.45, 2.75) is 0 Å². The molecule has 0 atom stereocenters. The average Bonchev–Trinajstić information content (AvgIpc) is 4.00. The molecule has 0 spiro atoms. The van der Waals surface area contributed by atoms with Gasteiger partial charge in [-0.1, -0.05) is 140 Å². The molecule has 0 aliphatic carbocycles. The van der Waals surface area contributed by atoms with E-state index in [0.717, 1.165) is 77.9 Å². The van der Waals surface area contributed by atoms with Crippen LogP contribution in [0, 0.1) is 0 Å². The van der Waals surface area contributed by atoms with Gasteiger partial charge in [-0.3, -0.25) is 0 Å². The Labute approximate surface area is 360 Å². The van der Waals surface area contributed by atoms with Crippen LogP contribution in [0.15, 0.2) is 211 Å². The minimum atomic E-state index is 0.786. The molecular weight excluding hydrogens is 769 g/mol. The highest BCUT2D eigenvalue weighted by molar-refractivity contribution is 6.20. The van der Waals surface area contributed by atoms with Crippen LogP contribution < -0.4 is 0 Å². The molecule has 63 heavy (non-hydrogen) atoms. The van der Waals surface area contributed by atoms with Gasteiger partial charge in [0.1, 0.15) is 16.9 Å². The summed E-state index contributed by atoms with van der Waals surface area (Å²) in [5, 5.41) is 11.9. The molecule has 5 heteroatoms. The van der Waals surface area contributed by atoms with Gasteiger partial charge in [-0.05, 0) is 77.5 Å².